The van der Waals surface area contributed by atoms with Crippen molar-refractivity contribution in [3.63, 3.8) is 0 Å². The quantitative estimate of drug-likeness (QED) is 0.131. The van der Waals surface area contributed by atoms with Crippen LogP contribution in [0.1, 0.15) is 13.8 Å². The van der Waals surface area contributed by atoms with Crippen LogP contribution in [0.25, 0.3) is 49.1 Å². The van der Waals surface area contributed by atoms with E-state index in [1.54, 1.807) is 45.3 Å². The number of rotatable bonds is 4. The van der Waals surface area contributed by atoms with E-state index in [2.05, 4.69) is 63.7 Å². The Bertz CT molecular complexity index is 1810. The Hall–Kier alpha value is -1.12. The van der Waals surface area contributed by atoms with Crippen molar-refractivity contribution in [1.29, 1.82) is 0 Å². The van der Waals surface area contributed by atoms with E-state index in [9.17, 15) is 9.59 Å². The van der Waals surface area contributed by atoms with Crippen LogP contribution in [-0.4, -0.2) is 11.9 Å². The van der Waals surface area contributed by atoms with Crippen LogP contribution in [-0.2, 0) is 9.59 Å². The van der Waals surface area contributed by atoms with Crippen molar-refractivity contribution in [2.75, 3.05) is 0 Å². The average molecular weight is 836 g/mol. The van der Waals surface area contributed by atoms with Crippen molar-refractivity contribution in [1.82, 2.24) is 0 Å². The normalized spacial score (nSPS) is 11.6. The summed E-state index contributed by atoms with van der Waals surface area (Å²) in [5.74, 6) is 0.333. The predicted octanol–water partition coefficient (Wildman–Crippen LogP) is 11.6. The molecular formula is C26H12Br4O4S4. The Kier molecular flexibility index (Phi) is 7.39. The van der Waals surface area contributed by atoms with Gasteiger partial charge in [-0.2, -0.15) is 0 Å². The molecule has 0 saturated heterocycles. The van der Waals surface area contributed by atoms with Crippen LogP contribution < -0.4 is 9.47 Å². The highest BCUT2D eigenvalue weighted by atomic mass is 79.9. The van der Waals surface area contributed by atoms with E-state index in [4.69, 9.17) is 9.47 Å². The molecule has 4 aromatic heterocycles. The van der Waals surface area contributed by atoms with Gasteiger partial charge in [-0.3, -0.25) is 9.59 Å². The van der Waals surface area contributed by atoms with Crippen LogP contribution >= 0.6 is 109 Å². The molecule has 0 atom stereocenters. The summed E-state index contributed by atoms with van der Waals surface area (Å²) in [6.07, 6.45) is 0. The summed E-state index contributed by atoms with van der Waals surface area (Å²) in [4.78, 5) is 24.9. The topological polar surface area (TPSA) is 52.6 Å². The fourth-order valence-electron chi connectivity index (χ4n) is 4.03. The molecule has 4 heterocycles. The fourth-order valence-corrected chi connectivity index (χ4v) is 13.2. The number of carbonyl (C=O) groups is 2. The molecule has 0 radical (unpaired) electrons. The number of hydrogen-bond donors (Lipinski definition) is 0. The second-order valence-electron chi connectivity index (χ2n) is 8.14. The molecule has 0 amide bonds. The number of benzene rings is 2. The molecule has 0 aliphatic carbocycles. The summed E-state index contributed by atoms with van der Waals surface area (Å²) in [5, 5.41) is 0. The van der Waals surface area contributed by atoms with Crippen LogP contribution in [0, 0.1) is 0 Å². The smallest absolute Gasteiger partial charge is 0.308 e. The van der Waals surface area contributed by atoms with Gasteiger partial charge in [-0.1, -0.05) is 0 Å². The Balaban J connectivity index is 1.44. The number of carbonyl (C=O) groups excluding carboxylic acids is 2. The molecule has 0 bridgehead atoms. The number of thiophene rings is 4. The van der Waals surface area contributed by atoms with Crippen molar-refractivity contribution < 1.29 is 19.1 Å². The molecule has 0 fully saturated rings. The first-order valence-electron chi connectivity index (χ1n) is 10.8. The second-order valence-corrected chi connectivity index (χ2v) is 15.5. The number of hydrogen-bond acceptors (Lipinski definition) is 8. The second kappa shape index (κ2) is 10.4. The third-order valence-corrected chi connectivity index (χ3v) is 15.1. The molecule has 38 heavy (non-hydrogen) atoms. The van der Waals surface area contributed by atoms with Gasteiger partial charge in [0.1, 0.15) is 11.5 Å². The summed E-state index contributed by atoms with van der Waals surface area (Å²) in [5.41, 5.74) is 2.08. The lowest BCUT2D eigenvalue weighted by Gasteiger charge is -2.06. The summed E-state index contributed by atoms with van der Waals surface area (Å²) >= 11 is 22.2. The van der Waals surface area contributed by atoms with Crippen molar-refractivity contribution in [3.8, 4) is 32.4 Å². The molecule has 12 heteroatoms. The van der Waals surface area contributed by atoms with Gasteiger partial charge in [0, 0.05) is 33.9 Å². The van der Waals surface area contributed by atoms with Crippen LogP contribution in [0.4, 0.5) is 0 Å². The van der Waals surface area contributed by atoms with Gasteiger partial charge in [-0.05, 0) is 100 Å². The van der Waals surface area contributed by atoms with E-state index < -0.39 is 0 Å². The maximum absolute atomic E-state index is 11.3. The zero-order chi connectivity index (χ0) is 26.9. The van der Waals surface area contributed by atoms with Crippen LogP contribution in [0.5, 0.6) is 11.5 Å². The van der Waals surface area contributed by atoms with Gasteiger partial charge in [-0.15, -0.1) is 45.3 Å². The molecule has 192 valence electrons. The molecule has 6 aromatic rings. The van der Waals surface area contributed by atoms with Gasteiger partial charge in [0.15, 0.2) is 0 Å². The molecule has 0 unspecified atom stereocenters. The van der Waals surface area contributed by atoms with Gasteiger partial charge in [0.25, 0.3) is 0 Å². The summed E-state index contributed by atoms with van der Waals surface area (Å²) in [6.45, 7) is 2.79. The first-order chi connectivity index (χ1) is 18.1. The zero-order valence-electron chi connectivity index (χ0n) is 19.2. The Labute approximate surface area is 266 Å². The molecule has 0 N–H and O–H groups in total. The molecule has 0 spiro atoms. The third-order valence-electron chi connectivity index (χ3n) is 5.54. The van der Waals surface area contributed by atoms with Gasteiger partial charge in [0.05, 0.1) is 46.9 Å². The molecule has 2 aromatic carbocycles. The van der Waals surface area contributed by atoms with Gasteiger partial charge in [-0.25, -0.2) is 0 Å². The highest BCUT2D eigenvalue weighted by Gasteiger charge is 2.25. The van der Waals surface area contributed by atoms with Crippen molar-refractivity contribution in [2.24, 2.45) is 0 Å². The SMILES string of the molecule is CC(=O)Oc1ccc(-c2sc3c(sc4c5sc(-c6ccc(OC(C)=O)cc6Br)c(Br)c5sc34)c2Br)c(Br)c1. The van der Waals surface area contributed by atoms with Gasteiger partial charge < -0.3 is 9.47 Å². The monoisotopic (exact) mass is 832 g/mol. The predicted molar refractivity (Wildman–Crippen MR) is 175 cm³/mol. The Morgan fingerprint density at radius 1 is 0.579 bits per heavy atom. The maximum Gasteiger partial charge on any atom is 0.308 e. The van der Waals surface area contributed by atoms with E-state index in [0.717, 1.165) is 38.8 Å². The number of fused-ring (bicyclic) bond motifs is 5. The largest absolute Gasteiger partial charge is 0.427 e. The minimum absolute atomic E-state index is 0.344. The Morgan fingerprint density at radius 3 is 1.29 bits per heavy atom. The van der Waals surface area contributed by atoms with E-state index in [1.807, 2.05) is 36.4 Å². The Morgan fingerprint density at radius 2 is 0.947 bits per heavy atom. The summed E-state index contributed by atoms with van der Waals surface area (Å²) in [6, 6.07) is 11.2. The molecular weight excluding hydrogens is 824 g/mol. The average Bonchev–Trinajstić information content (AvgIpc) is 3.54. The first-order valence-corrected chi connectivity index (χ1v) is 17.3. The number of halogens is 4. The lowest BCUT2D eigenvalue weighted by Crippen LogP contribution is -2.01. The zero-order valence-corrected chi connectivity index (χ0v) is 28.9. The number of esters is 2. The molecule has 0 saturated carbocycles. The summed E-state index contributed by atoms with van der Waals surface area (Å²) in [7, 11) is 0. The highest BCUT2D eigenvalue weighted by Crippen LogP contribution is 2.58. The van der Waals surface area contributed by atoms with E-state index >= 15 is 0 Å². The lowest BCUT2D eigenvalue weighted by molar-refractivity contribution is -0.132. The fraction of sp³-hybridized carbons (Fsp3) is 0.0769. The third kappa shape index (κ3) is 4.64. The minimum atomic E-state index is -0.344. The van der Waals surface area contributed by atoms with Crippen LogP contribution in [0.2, 0.25) is 0 Å². The summed E-state index contributed by atoms with van der Waals surface area (Å²) < 4.78 is 21.9. The van der Waals surface area contributed by atoms with Crippen LogP contribution in [0.3, 0.4) is 0 Å². The first kappa shape index (κ1) is 27.1. The minimum Gasteiger partial charge on any atom is -0.427 e. The van der Waals surface area contributed by atoms with Crippen LogP contribution in [0.15, 0.2) is 54.3 Å². The van der Waals surface area contributed by atoms with E-state index in [0.29, 0.717) is 11.5 Å². The van der Waals surface area contributed by atoms with Crippen molar-refractivity contribution in [3.05, 3.63) is 54.3 Å². The van der Waals surface area contributed by atoms with Crippen molar-refractivity contribution >= 4 is 149 Å². The maximum atomic E-state index is 11.3. The van der Waals surface area contributed by atoms with Gasteiger partial charge >= 0.3 is 11.9 Å². The van der Waals surface area contributed by atoms with E-state index in [1.165, 1.54) is 42.0 Å². The molecule has 6 rings (SSSR count). The molecule has 4 nitrogen and oxygen atoms in total. The number of ether oxygens (including phenoxy) is 2. The molecule has 0 aliphatic rings. The van der Waals surface area contributed by atoms with Gasteiger partial charge in [0.2, 0.25) is 0 Å². The standard InChI is InChI=1S/C26H12Br4O4S4/c1-9(31)33-11-3-5-13(15(27)7-11)19-17(29)21-23(35-19)25-26(37-21)24-22(38-25)18(30)20(36-24)14-6-4-12(8-16(14)28)34-10(2)32/h3-8H,1-2H3. The van der Waals surface area contributed by atoms with Crippen molar-refractivity contribution in [2.45, 2.75) is 13.8 Å². The lowest BCUT2D eigenvalue weighted by atomic mass is 10.2. The van der Waals surface area contributed by atoms with E-state index in [-0.39, 0.29) is 11.9 Å². The molecule has 0 aliphatic heterocycles. The highest BCUT2D eigenvalue weighted by molar-refractivity contribution is 9.11.